The van der Waals surface area contributed by atoms with Crippen molar-refractivity contribution < 1.29 is 29.1 Å². The molecule has 2 saturated heterocycles. The molecular formula is C17H26BN3O6. The van der Waals surface area contributed by atoms with Crippen LogP contribution in [0.5, 0.6) is 6.01 Å². The summed E-state index contributed by atoms with van der Waals surface area (Å²) in [7, 11) is -0.538. The highest BCUT2D eigenvalue weighted by atomic mass is 16.7. The summed E-state index contributed by atoms with van der Waals surface area (Å²) in [5.74, 6) is -0.499. The Hall–Kier alpha value is -1.75. The first-order chi connectivity index (χ1) is 12.6. The lowest BCUT2D eigenvalue weighted by Crippen LogP contribution is -2.41. The summed E-state index contributed by atoms with van der Waals surface area (Å²) in [5, 5.41) is 18.3. The maximum absolute atomic E-state index is 11.9. The van der Waals surface area contributed by atoms with Crippen molar-refractivity contribution in [2.45, 2.75) is 57.5 Å². The molecule has 0 radical (unpaired) electrons. The second-order valence-corrected chi connectivity index (χ2v) is 7.90. The lowest BCUT2D eigenvalue weighted by Gasteiger charge is -2.32. The van der Waals surface area contributed by atoms with Gasteiger partial charge in [0.15, 0.2) is 6.10 Å². The molecule has 1 amide bonds. The van der Waals surface area contributed by atoms with Crippen LogP contribution in [-0.2, 0) is 14.1 Å². The van der Waals surface area contributed by atoms with Crippen molar-refractivity contribution in [1.82, 2.24) is 14.9 Å². The fourth-order valence-electron chi connectivity index (χ4n) is 2.95. The van der Waals surface area contributed by atoms with E-state index in [-0.39, 0.29) is 12.1 Å². The van der Waals surface area contributed by atoms with E-state index in [1.54, 1.807) is 12.4 Å². The first kappa shape index (κ1) is 20.0. The summed E-state index contributed by atoms with van der Waals surface area (Å²) in [6, 6.07) is 0.206. The summed E-state index contributed by atoms with van der Waals surface area (Å²) in [6.45, 7) is 8.09. The van der Waals surface area contributed by atoms with Crippen molar-refractivity contribution in [3.63, 3.8) is 0 Å². The van der Waals surface area contributed by atoms with Crippen LogP contribution >= 0.6 is 0 Å². The molecule has 2 aliphatic heterocycles. The number of aromatic nitrogens is 2. The van der Waals surface area contributed by atoms with Gasteiger partial charge in [-0.25, -0.2) is 9.97 Å². The molecule has 0 saturated carbocycles. The topological polar surface area (TPSA) is 114 Å². The molecule has 0 aromatic carbocycles. The zero-order chi connectivity index (χ0) is 19.8. The van der Waals surface area contributed by atoms with Crippen LogP contribution in [0.15, 0.2) is 12.4 Å². The van der Waals surface area contributed by atoms with Crippen LogP contribution in [0.2, 0.25) is 0 Å². The number of rotatable bonds is 5. The zero-order valence-electron chi connectivity index (χ0n) is 16.1. The van der Waals surface area contributed by atoms with Crippen LogP contribution in [-0.4, -0.2) is 81.2 Å². The molecule has 9 nitrogen and oxygen atoms in total. The number of ether oxygens (including phenoxy) is 1. The number of carbonyl (C=O) groups is 1. The van der Waals surface area contributed by atoms with E-state index < -0.39 is 36.9 Å². The Morgan fingerprint density at radius 1 is 1.33 bits per heavy atom. The Morgan fingerprint density at radius 3 is 2.48 bits per heavy atom. The molecule has 10 heteroatoms. The Labute approximate surface area is 158 Å². The van der Waals surface area contributed by atoms with E-state index in [2.05, 4.69) is 9.97 Å². The van der Waals surface area contributed by atoms with Crippen molar-refractivity contribution in [3.8, 4) is 6.01 Å². The molecule has 3 heterocycles. The number of likely N-dealkylation sites (tertiary alicyclic amines) is 1. The smallest absolute Gasteiger partial charge is 0.458 e. The molecule has 2 atom stereocenters. The van der Waals surface area contributed by atoms with Gasteiger partial charge in [-0.2, -0.15) is 0 Å². The highest BCUT2D eigenvalue weighted by Gasteiger charge is 2.52. The number of aliphatic hydroxyl groups is 2. The van der Waals surface area contributed by atoms with Gasteiger partial charge in [-0.15, -0.1) is 0 Å². The van der Waals surface area contributed by atoms with Crippen LogP contribution in [0.4, 0.5) is 0 Å². The van der Waals surface area contributed by atoms with E-state index in [1.165, 1.54) is 4.90 Å². The Kier molecular flexibility index (Phi) is 5.44. The van der Waals surface area contributed by atoms with Crippen molar-refractivity contribution in [3.05, 3.63) is 12.4 Å². The van der Waals surface area contributed by atoms with Gasteiger partial charge in [0.1, 0.15) is 6.10 Å². The molecule has 2 fully saturated rings. The average molecular weight is 379 g/mol. The van der Waals surface area contributed by atoms with Gasteiger partial charge in [-0.05, 0) is 27.7 Å². The van der Waals surface area contributed by atoms with Gasteiger partial charge >= 0.3 is 13.1 Å². The van der Waals surface area contributed by atoms with E-state index in [0.717, 1.165) is 0 Å². The molecule has 148 valence electrons. The fraction of sp³-hybridized carbons (Fsp3) is 0.706. The van der Waals surface area contributed by atoms with Crippen molar-refractivity contribution in [2.24, 2.45) is 0 Å². The van der Waals surface area contributed by atoms with Gasteiger partial charge in [0, 0.05) is 30.8 Å². The third kappa shape index (κ3) is 4.08. The zero-order valence-corrected chi connectivity index (χ0v) is 16.1. The third-order valence-corrected chi connectivity index (χ3v) is 5.36. The molecule has 2 N–H and O–H groups in total. The number of aliphatic hydroxyl groups excluding tert-OH is 2. The highest BCUT2D eigenvalue weighted by Crippen LogP contribution is 2.36. The fourth-order valence-corrected chi connectivity index (χ4v) is 2.95. The van der Waals surface area contributed by atoms with E-state index in [1.807, 2.05) is 27.7 Å². The Bertz CT molecular complexity index is 668. The first-order valence-corrected chi connectivity index (χ1v) is 9.05. The van der Waals surface area contributed by atoms with E-state index in [4.69, 9.17) is 19.2 Å². The van der Waals surface area contributed by atoms with Gasteiger partial charge in [0.05, 0.1) is 24.4 Å². The van der Waals surface area contributed by atoms with Crippen LogP contribution in [0, 0.1) is 0 Å². The minimum atomic E-state index is -1.39. The van der Waals surface area contributed by atoms with E-state index >= 15 is 0 Å². The van der Waals surface area contributed by atoms with Crippen molar-refractivity contribution in [1.29, 1.82) is 0 Å². The molecule has 1 aromatic heterocycles. The molecule has 2 aliphatic rings. The maximum Gasteiger partial charge on any atom is 0.498 e. The van der Waals surface area contributed by atoms with Gasteiger partial charge < -0.3 is 29.2 Å². The predicted molar refractivity (Wildman–Crippen MR) is 96.5 cm³/mol. The molecular weight excluding hydrogens is 353 g/mol. The standard InChI is InChI=1S/C17H26BN3O6/c1-16(2)17(3,4)27-18(26-16)11-7-19-15(20-8-11)25-12-5-6-21(9-12)14(24)13(23)10-22/h7-8,12-13,22-23H,5-6,9-10H2,1-4H3/t12-,13-/m0/s1. The molecule has 0 bridgehead atoms. The molecule has 0 aliphatic carbocycles. The number of hydrogen-bond acceptors (Lipinski definition) is 8. The highest BCUT2D eigenvalue weighted by molar-refractivity contribution is 6.61. The van der Waals surface area contributed by atoms with Crippen LogP contribution in [0.25, 0.3) is 0 Å². The van der Waals surface area contributed by atoms with Crippen molar-refractivity contribution >= 4 is 18.5 Å². The lowest BCUT2D eigenvalue weighted by atomic mass is 9.81. The second kappa shape index (κ2) is 7.35. The quantitative estimate of drug-likeness (QED) is 0.634. The molecule has 27 heavy (non-hydrogen) atoms. The van der Waals surface area contributed by atoms with Gasteiger partial charge in [-0.3, -0.25) is 4.79 Å². The SMILES string of the molecule is CC1(C)OB(c2cnc(O[C@H]3CCN(C(=O)[C@@H](O)CO)C3)nc2)OC1(C)C. The summed E-state index contributed by atoms with van der Waals surface area (Å²) < 4.78 is 17.7. The number of amides is 1. The second-order valence-electron chi connectivity index (χ2n) is 7.90. The van der Waals surface area contributed by atoms with Gasteiger partial charge in [0.2, 0.25) is 0 Å². The monoisotopic (exact) mass is 379 g/mol. The van der Waals surface area contributed by atoms with Crippen LogP contribution in [0.1, 0.15) is 34.1 Å². The van der Waals surface area contributed by atoms with E-state index in [0.29, 0.717) is 25.0 Å². The summed E-state index contributed by atoms with van der Waals surface area (Å²) >= 11 is 0. The largest absolute Gasteiger partial charge is 0.498 e. The molecule has 0 spiro atoms. The summed E-state index contributed by atoms with van der Waals surface area (Å²) in [6.07, 6.45) is 2.17. The maximum atomic E-state index is 11.9. The van der Waals surface area contributed by atoms with Crippen LogP contribution < -0.4 is 10.2 Å². The Balaban J connectivity index is 1.57. The molecule has 3 rings (SSSR count). The normalized spacial score (nSPS) is 24.9. The molecule has 1 aromatic rings. The Morgan fingerprint density at radius 2 is 1.93 bits per heavy atom. The van der Waals surface area contributed by atoms with Crippen molar-refractivity contribution in [2.75, 3.05) is 19.7 Å². The summed E-state index contributed by atoms with van der Waals surface area (Å²) in [5.41, 5.74) is -0.173. The third-order valence-electron chi connectivity index (χ3n) is 5.36. The number of nitrogens with zero attached hydrogens (tertiary/aromatic N) is 3. The van der Waals surface area contributed by atoms with Gasteiger partial charge in [-0.1, -0.05) is 0 Å². The number of carbonyl (C=O) groups excluding carboxylic acids is 1. The van der Waals surface area contributed by atoms with E-state index in [9.17, 15) is 9.90 Å². The predicted octanol–water partition coefficient (Wildman–Crippen LogP) is -0.891. The van der Waals surface area contributed by atoms with Gasteiger partial charge in [0.25, 0.3) is 5.91 Å². The lowest BCUT2D eigenvalue weighted by molar-refractivity contribution is -0.141. The minimum Gasteiger partial charge on any atom is -0.458 e. The minimum absolute atomic E-state index is 0.206. The van der Waals surface area contributed by atoms with Crippen LogP contribution in [0.3, 0.4) is 0 Å². The average Bonchev–Trinajstić information content (AvgIpc) is 3.16. The number of hydrogen-bond donors (Lipinski definition) is 2. The molecule has 0 unspecified atom stereocenters. The summed E-state index contributed by atoms with van der Waals surface area (Å²) in [4.78, 5) is 21.8. The first-order valence-electron chi connectivity index (χ1n) is 9.05.